The number of alkyl halides is 3. The van der Waals surface area contributed by atoms with Crippen molar-refractivity contribution in [3.8, 4) is 0 Å². The van der Waals surface area contributed by atoms with Gasteiger partial charge < -0.3 is 10.6 Å². The second kappa shape index (κ2) is 4.24. The molecule has 1 atom stereocenters. The average Bonchev–Trinajstić information content (AvgIpc) is 2.96. The largest absolute Gasteiger partial charge is 0.416 e. The monoisotopic (exact) mass is 258 g/mol. The summed E-state index contributed by atoms with van der Waals surface area (Å²) in [5, 5.41) is 0. The van der Waals surface area contributed by atoms with E-state index < -0.39 is 11.7 Å². The third-order valence-electron chi connectivity index (χ3n) is 3.44. The molecule has 1 aromatic carbocycles. The molecular weight excluding hydrogens is 241 g/mol. The van der Waals surface area contributed by atoms with E-state index in [1.165, 1.54) is 12.1 Å². The van der Waals surface area contributed by atoms with Crippen LogP contribution in [0.5, 0.6) is 0 Å². The topological polar surface area (TPSA) is 29.3 Å². The molecule has 2 rings (SSSR count). The van der Waals surface area contributed by atoms with E-state index in [-0.39, 0.29) is 11.6 Å². The molecule has 0 radical (unpaired) electrons. The normalized spacial score (nSPS) is 19.9. The summed E-state index contributed by atoms with van der Waals surface area (Å²) in [6.07, 6.45) is -2.46. The van der Waals surface area contributed by atoms with Crippen molar-refractivity contribution in [3.63, 3.8) is 0 Å². The molecule has 2 N–H and O–H groups in total. The standard InChI is InChI=1S/C13H17F3N2/c1-18(2)11(12(17)7-8-12)9-3-5-10(6-4-9)13(14,15)16/h3-6,11H,7-8,17H2,1-2H3. The minimum absolute atomic E-state index is 0.0280. The highest BCUT2D eigenvalue weighted by molar-refractivity contribution is 5.31. The van der Waals surface area contributed by atoms with Crippen molar-refractivity contribution in [2.45, 2.75) is 30.6 Å². The van der Waals surface area contributed by atoms with Gasteiger partial charge in [0.15, 0.2) is 0 Å². The number of nitrogens with zero attached hydrogens (tertiary/aromatic N) is 1. The van der Waals surface area contributed by atoms with Gasteiger partial charge in [0.1, 0.15) is 0 Å². The molecule has 1 saturated carbocycles. The molecule has 100 valence electrons. The highest BCUT2D eigenvalue weighted by Gasteiger charge is 2.47. The van der Waals surface area contributed by atoms with E-state index in [1.807, 2.05) is 19.0 Å². The van der Waals surface area contributed by atoms with Crippen LogP contribution in [-0.2, 0) is 6.18 Å². The van der Waals surface area contributed by atoms with Crippen molar-refractivity contribution in [2.75, 3.05) is 14.1 Å². The van der Waals surface area contributed by atoms with E-state index in [1.54, 1.807) is 0 Å². The predicted octanol–water partition coefficient (Wildman–Crippen LogP) is 2.80. The number of hydrogen-bond donors (Lipinski definition) is 1. The lowest BCUT2D eigenvalue weighted by molar-refractivity contribution is -0.137. The quantitative estimate of drug-likeness (QED) is 0.903. The summed E-state index contributed by atoms with van der Waals surface area (Å²) in [5.74, 6) is 0. The van der Waals surface area contributed by atoms with Crippen LogP contribution in [0.1, 0.15) is 30.0 Å². The lowest BCUT2D eigenvalue weighted by atomic mass is 9.96. The first-order valence-electron chi connectivity index (χ1n) is 5.86. The molecule has 0 spiro atoms. The van der Waals surface area contributed by atoms with Crippen molar-refractivity contribution < 1.29 is 13.2 Å². The average molecular weight is 258 g/mol. The summed E-state index contributed by atoms with van der Waals surface area (Å²) in [6.45, 7) is 0. The Morgan fingerprint density at radius 3 is 2.00 bits per heavy atom. The van der Waals surface area contributed by atoms with Gasteiger partial charge in [-0.25, -0.2) is 0 Å². The maximum absolute atomic E-state index is 12.5. The number of nitrogens with two attached hydrogens (primary N) is 1. The third-order valence-corrected chi connectivity index (χ3v) is 3.44. The summed E-state index contributed by atoms with van der Waals surface area (Å²) < 4.78 is 37.5. The Bertz CT molecular complexity index is 419. The van der Waals surface area contributed by atoms with E-state index in [2.05, 4.69) is 0 Å². The fourth-order valence-corrected chi connectivity index (χ4v) is 2.42. The highest BCUT2D eigenvalue weighted by atomic mass is 19.4. The van der Waals surface area contributed by atoms with Crippen LogP contribution >= 0.6 is 0 Å². The van der Waals surface area contributed by atoms with Gasteiger partial charge in [-0.2, -0.15) is 13.2 Å². The molecule has 1 unspecified atom stereocenters. The molecule has 0 aromatic heterocycles. The number of halogens is 3. The Kier molecular flexibility index (Phi) is 3.15. The number of likely N-dealkylation sites (N-methyl/N-ethyl adjacent to an activating group) is 1. The Balaban J connectivity index is 2.28. The van der Waals surface area contributed by atoms with Gasteiger partial charge in [0.05, 0.1) is 11.6 Å². The molecule has 18 heavy (non-hydrogen) atoms. The summed E-state index contributed by atoms with van der Waals surface area (Å²) >= 11 is 0. The van der Waals surface area contributed by atoms with Crippen LogP contribution in [0, 0.1) is 0 Å². The maximum Gasteiger partial charge on any atom is 0.416 e. The zero-order chi connectivity index (χ0) is 13.6. The zero-order valence-corrected chi connectivity index (χ0v) is 10.5. The molecule has 0 aliphatic heterocycles. The van der Waals surface area contributed by atoms with Crippen molar-refractivity contribution in [1.82, 2.24) is 4.90 Å². The first-order chi connectivity index (χ1) is 8.24. The van der Waals surface area contributed by atoms with Crippen molar-refractivity contribution in [2.24, 2.45) is 5.73 Å². The molecule has 1 aliphatic rings. The Morgan fingerprint density at radius 1 is 1.17 bits per heavy atom. The Hall–Kier alpha value is -1.07. The van der Waals surface area contributed by atoms with Gasteiger partial charge in [0, 0.05) is 5.54 Å². The van der Waals surface area contributed by atoms with Crippen molar-refractivity contribution in [3.05, 3.63) is 35.4 Å². The molecular formula is C13H17F3N2. The van der Waals surface area contributed by atoms with Crippen molar-refractivity contribution in [1.29, 1.82) is 0 Å². The van der Waals surface area contributed by atoms with Crippen LogP contribution in [-0.4, -0.2) is 24.5 Å². The van der Waals surface area contributed by atoms with E-state index in [4.69, 9.17) is 5.73 Å². The summed E-state index contributed by atoms with van der Waals surface area (Å²) in [7, 11) is 3.80. The van der Waals surface area contributed by atoms with Crippen LogP contribution in [0.25, 0.3) is 0 Å². The van der Waals surface area contributed by atoms with Gasteiger partial charge >= 0.3 is 6.18 Å². The number of benzene rings is 1. The molecule has 0 saturated heterocycles. The molecule has 0 amide bonds. The van der Waals surface area contributed by atoms with E-state index in [9.17, 15) is 13.2 Å². The third kappa shape index (κ3) is 2.52. The van der Waals surface area contributed by atoms with Crippen LogP contribution < -0.4 is 5.73 Å². The van der Waals surface area contributed by atoms with E-state index >= 15 is 0 Å². The van der Waals surface area contributed by atoms with E-state index in [0.29, 0.717) is 0 Å². The second-order valence-electron chi connectivity index (χ2n) is 5.22. The highest BCUT2D eigenvalue weighted by Crippen LogP contribution is 2.46. The lowest BCUT2D eigenvalue weighted by Crippen LogP contribution is -2.39. The Labute approximate surface area is 105 Å². The molecule has 1 aromatic rings. The molecule has 2 nitrogen and oxygen atoms in total. The Morgan fingerprint density at radius 2 is 1.67 bits per heavy atom. The van der Waals surface area contributed by atoms with Gasteiger partial charge in [-0.15, -0.1) is 0 Å². The van der Waals surface area contributed by atoms with Crippen LogP contribution in [0.15, 0.2) is 24.3 Å². The summed E-state index contributed by atoms with van der Waals surface area (Å²) in [4.78, 5) is 1.97. The predicted molar refractivity (Wildman–Crippen MR) is 64.0 cm³/mol. The summed E-state index contributed by atoms with van der Waals surface area (Å²) in [5.41, 5.74) is 6.12. The molecule has 1 aliphatic carbocycles. The van der Waals surface area contributed by atoms with Crippen LogP contribution in [0.2, 0.25) is 0 Å². The molecule has 5 heteroatoms. The number of rotatable bonds is 3. The van der Waals surface area contributed by atoms with Gasteiger partial charge in [-0.3, -0.25) is 0 Å². The first kappa shape index (κ1) is 13.4. The molecule has 0 bridgehead atoms. The van der Waals surface area contributed by atoms with Gasteiger partial charge in [0.25, 0.3) is 0 Å². The molecule has 0 heterocycles. The van der Waals surface area contributed by atoms with Crippen molar-refractivity contribution >= 4 is 0 Å². The van der Waals surface area contributed by atoms with Crippen LogP contribution in [0.4, 0.5) is 13.2 Å². The summed E-state index contributed by atoms with van der Waals surface area (Å²) in [6, 6.07) is 5.27. The lowest BCUT2D eigenvalue weighted by Gasteiger charge is -2.30. The molecule has 1 fully saturated rings. The van der Waals surface area contributed by atoms with Crippen LogP contribution in [0.3, 0.4) is 0 Å². The second-order valence-corrected chi connectivity index (χ2v) is 5.22. The smallest absolute Gasteiger partial charge is 0.323 e. The minimum Gasteiger partial charge on any atom is -0.323 e. The van der Waals surface area contributed by atoms with E-state index in [0.717, 1.165) is 30.5 Å². The van der Waals surface area contributed by atoms with Gasteiger partial charge in [-0.05, 0) is 44.6 Å². The van der Waals surface area contributed by atoms with Gasteiger partial charge in [-0.1, -0.05) is 12.1 Å². The van der Waals surface area contributed by atoms with Gasteiger partial charge in [0.2, 0.25) is 0 Å². The maximum atomic E-state index is 12.5. The first-order valence-corrected chi connectivity index (χ1v) is 5.86. The zero-order valence-electron chi connectivity index (χ0n) is 10.5. The fourth-order valence-electron chi connectivity index (χ4n) is 2.42. The SMILES string of the molecule is CN(C)C(c1ccc(C(F)(F)F)cc1)C1(N)CC1. The fraction of sp³-hybridized carbons (Fsp3) is 0.538. The minimum atomic E-state index is -4.29. The number of hydrogen-bond acceptors (Lipinski definition) is 2.